The second-order valence-electron chi connectivity index (χ2n) is 8.36. The third kappa shape index (κ3) is 3.96. The fraction of sp³-hybridized carbons (Fsp3) is 0.429. The number of ether oxygens (including phenoxy) is 3. The normalized spacial score (nSPS) is 28.7. The van der Waals surface area contributed by atoms with E-state index >= 15 is 0 Å². The van der Waals surface area contributed by atoms with Crippen LogP contribution in [0.2, 0.25) is 0 Å². The Morgan fingerprint density at radius 2 is 1.97 bits per heavy atom. The number of alkyl halides is 1. The number of rotatable bonds is 7. The first kappa shape index (κ1) is 22.1. The first-order chi connectivity index (χ1) is 15.8. The van der Waals surface area contributed by atoms with Crippen molar-refractivity contribution in [2.24, 2.45) is 0 Å². The van der Waals surface area contributed by atoms with Gasteiger partial charge in [0, 0.05) is 4.57 Å². The second kappa shape index (κ2) is 8.27. The quantitative estimate of drug-likeness (QED) is 0.511. The molecule has 12 heteroatoms. The van der Waals surface area contributed by atoms with E-state index in [1.807, 2.05) is 0 Å². The standard InChI is InChI=1S/C21H23FN4O6P/c1-20(2)29-17-16(14-8-9-15-19(23)24-12-25-26(14)15)30-21(10-22,18(17)31-20)11-28-33(27)32-13-6-4-3-5-7-13/h3-9,12,16-18H,10-11H2,1-2H3,(H2,23,24,25)/q+1/t16-,17-,18-,21+/m0/s1. The van der Waals surface area contributed by atoms with Gasteiger partial charge in [-0.3, -0.25) is 0 Å². The van der Waals surface area contributed by atoms with Crippen LogP contribution in [0.4, 0.5) is 10.2 Å². The lowest BCUT2D eigenvalue weighted by Crippen LogP contribution is -2.48. The highest BCUT2D eigenvalue weighted by molar-refractivity contribution is 7.33. The van der Waals surface area contributed by atoms with E-state index in [9.17, 15) is 8.96 Å². The van der Waals surface area contributed by atoms with E-state index in [-0.39, 0.29) is 6.61 Å². The lowest BCUT2D eigenvalue weighted by atomic mass is 9.96. The maximum atomic E-state index is 14.6. The van der Waals surface area contributed by atoms with E-state index < -0.39 is 44.6 Å². The highest BCUT2D eigenvalue weighted by atomic mass is 31.1. The van der Waals surface area contributed by atoms with Gasteiger partial charge in [0.1, 0.15) is 43.4 Å². The van der Waals surface area contributed by atoms with Crippen molar-refractivity contribution in [3.8, 4) is 5.75 Å². The van der Waals surface area contributed by atoms with Crippen LogP contribution in [0.5, 0.6) is 5.75 Å². The maximum absolute atomic E-state index is 14.6. The molecule has 2 aliphatic heterocycles. The minimum absolute atomic E-state index is 0.296. The molecule has 1 unspecified atom stereocenters. The van der Waals surface area contributed by atoms with Crippen LogP contribution in [0, 0.1) is 0 Å². The number of para-hydroxylation sites is 1. The summed E-state index contributed by atoms with van der Waals surface area (Å²) in [4.78, 5) is 3.99. The fourth-order valence-electron chi connectivity index (χ4n) is 4.24. The molecule has 5 atom stereocenters. The first-order valence-corrected chi connectivity index (χ1v) is 11.4. The molecule has 4 heterocycles. The summed E-state index contributed by atoms with van der Waals surface area (Å²) in [6, 6.07) is 12.1. The smallest absolute Gasteiger partial charge is 0.382 e. The summed E-state index contributed by atoms with van der Waals surface area (Å²) in [7, 11) is -2.58. The Morgan fingerprint density at radius 3 is 2.73 bits per heavy atom. The van der Waals surface area contributed by atoms with Crippen LogP contribution in [0.15, 0.2) is 48.8 Å². The average molecular weight is 477 g/mol. The average Bonchev–Trinajstić information content (AvgIpc) is 3.44. The molecular formula is C21H23FN4O6P+. The number of anilines is 1. The molecule has 5 rings (SSSR count). The number of hydrogen-bond donors (Lipinski definition) is 1. The van der Waals surface area contributed by atoms with E-state index in [1.165, 1.54) is 6.33 Å². The number of hydrogen-bond acceptors (Lipinski definition) is 9. The molecule has 2 fully saturated rings. The molecule has 0 aliphatic carbocycles. The first-order valence-electron chi connectivity index (χ1n) is 10.3. The van der Waals surface area contributed by atoms with Crippen LogP contribution >= 0.6 is 8.25 Å². The SMILES string of the molecule is CC1(C)O[C@H]2[C@H](c3ccc4c(N)ncnn34)O[C@](CF)(CO[P+](=O)Oc3ccccc3)[C@H]2O1. The Labute approximate surface area is 189 Å². The minimum atomic E-state index is -2.58. The number of benzene rings is 1. The van der Waals surface area contributed by atoms with Crippen molar-refractivity contribution >= 4 is 19.6 Å². The molecule has 3 aromatic rings. The van der Waals surface area contributed by atoms with Crippen molar-refractivity contribution in [3.05, 3.63) is 54.5 Å². The van der Waals surface area contributed by atoms with Gasteiger partial charge >= 0.3 is 8.25 Å². The lowest BCUT2D eigenvalue weighted by molar-refractivity contribution is -0.218. The molecule has 2 N–H and O–H groups in total. The number of nitrogens with two attached hydrogens (primary N) is 1. The number of nitrogen functional groups attached to an aromatic ring is 1. The van der Waals surface area contributed by atoms with Crippen LogP contribution in [-0.4, -0.2) is 51.5 Å². The van der Waals surface area contributed by atoms with Gasteiger partial charge < -0.3 is 19.9 Å². The number of aromatic nitrogens is 3. The molecule has 2 aliphatic rings. The zero-order valence-electron chi connectivity index (χ0n) is 18.0. The molecule has 2 saturated heterocycles. The second-order valence-corrected chi connectivity index (χ2v) is 9.25. The van der Waals surface area contributed by atoms with E-state index in [0.29, 0.717) is 22.8 Å². The molecule has 10 nitrogen and oxygen atoms in total. The van der Waals surface area contributed by atoms with E-state index in [4.69, 9.17) is 29.0 Å². The van der Waals surface area contributed by atoms with Crippen LogP contribution < -0.4 is 10.3 Å². The van der Waals surface area contributed by atoms with Gasteiger partial charge in [0.2, 0.25) is 0 Å². The third-order valence-corrected chi connectivity index (χ3v) is 6.37. The summed E-state index contributed by atoms with van der Waals surface area (Å²) in [5, 5.41) is 4.25. The van der Waals surface area contributed by atoms with Crippen LogP contribution in [-0.2, 0) is 23.3 Å². The lowest BCUT2D eigenvalue weighted by Gasteiger charge is -2.30. The molecule has 174 valence electrons. The largest absolute Gasteiger partial charge is 0.750 e. The number of nitrogens with zero attached hydrogens (tertiary/aromatic N) is 3. The Bertz CT molecular complexity index is 1180. The number of halogens is 1. The Kier molecular flexibility index (Phi) is 5.54. The minimum Gasteiger partial charge on any atom is -0.382 e. The van der Waals surface area contributed by atoms with Gasteiger partial charge in [-0.25, -0.2) is 18.4 Å². The van der Waals surface area contributed by atoms with Gasteiger partial charge in [0.15, 0.2) is 23.0 Å². The predicted octanol–water partition coefficient (Wildman–Crippen LogP) is 3.36. The highest BCUT2D eigenvalue weighted by Gasteiger charge is 2.65. The summed E-state index contributed by atoms with van der Waals surface area (Å²) in [6.45, 7) is 2.14. The van der Waals surface area contributed by atoms with Gasteiger partial charge in [0.25, 0.3) is 0 Å². The summed E-state index contributed by atoms with van der Waals surface area (Å²) >= 11 is 0. The van der Waals surface area contributed by atoms with Crippen molar-refractivity contribution < 1.29 is 32.2 Å². The molecule has 0 amide bonds. The predicted molar refractivity (Wildman–Crippen MR) is 114 cm³/mol. The topological polar surface area (TPSA) is 119 Å². The van der Waals surface area contributed by atoms with Crippen molar-refractivity contribution in [2.75, 3.05) is 19.0 Å². The molecule has 2 aromatic heterocycles. The molecular weight excluding hydrogens is 454 g/mol. The van der Waals surface area contributed by atoms with E-state index in [0.717, 1.165) is 0 Å². The van der Waals surface area contributed by atoms with Crippen LogP contribution in [0.3, 0.4) is 0 Å². The van der Waals surface area contributed by atoms with Gasteiger partial charge in [-0.05, 0) is 38.1 Å². The van der Waals surface area contributed by atoms with E-state index in [2.05, 4.69) is 10.1 Å². The monoisotopic (exact) mass is 477 g/mol. The van der Waals surface area contributed by atoms with Crippen LogP contribution in [0.25, 0.3) is 5.52 Å². The number of fused-ring (bicyclic) bond motifs is 2. The Hall–Kier alpha value is -2.69. The molecule has 0 spiro atoms. The summed E-state index contributed by atoms with van der Waals surface area (Å²) in [6.07, 6.45) is -0.916. The van der Waals surface area contributed by atoms with Gasteiger partial charge in [-0.2, -0.15) is 5.10 Å². The van der Waals surface area contributed by atoms with Crippen molar-refractivity contribution in [1.29, 1.82) is 0 Å². The molecule has 0 saturated carbocycles. The zero-order chi connectivity index (χ0) is 23.2. The van der Waals surface area contributed by atoms with Crippen molar-refractivity contribution in [3.63, 3.8) is 0 Å². The fourth-order valence-corrected chi connectivity index (χ4v) is 4.91. The Morgan fingerprint density at radius 1 is 1.18 bits per heavy atom. The molecule has 0 bridgehead atoms. The third-order valence-electron chi connectivity index (χ3n) is 5.67. The maximum Gasteiger partial charge on any atom is 0.750 e. The van der Waals surface area contributed by atoms with Crippen molar-refractivity contribution in [1.82, 2.24) is 14.6 Å². The molecule has 33 heavy (non-hydrogen) atoms. The Balaban J connectivity index is 1.42. The van der Waals surface area contributed by atoms with Gasteiger partial charge in [0.05, 0.1) is 5.69 Å². The zero-order valence-corrected chi connectivity index (χ0v) is 18.9. The molecule has 1 aromatic carbocycles. The van der Waals surface area contributed by atoms with Crippen LogP contribution in [0.1, 0.15) is 25.6 Å². The molecule has 0 radical (unpaired) electrons. The summed E-state index contributed by atoms with van der Waals surface area (Å²) < 4.78 is 57.6. The summed E-state index contributed by atoms with van der Waals surface area (Å²) in [5.41, 5.74) is 5.55. The van der Waals surface area contributed by atoms with Gasteiger partial charge in [-0.1, -0.05) is 18.2 Å². The van der Waals surface area contributed by atoms with E-state index in [1.54, 1.807) is 60.8 Å². The highest BCUT2D eigenvalue weighted by Crippen LogP contribution is 2.51. The summed E-state index contributed by atoms with van der Waals surface area (Å²) in [5.74, 6) is -0.318. The van der Waals surface area contributed by atoms with Gasteiger partial charge in [-0.15, -0.1) is 4.52 Å². The van der Waals surface area contributed by atoms with Crippen molar-refractivity contribution in [2.45, 2.75) is 43.5 Å².